The van der Waals surface area contributed by atoms with Crippen molar-refractivity contribution in [2.75, 3.05) is 37.6 Å². The summed E-state index contributed by atoms with van der Waals surface area (Å²) in [7, 11) is 0. The molecule has 4 rings (SSSR count). The summed E-state index contributed by atoms with van der Waals surface area (Å²) in [5.74, 6) is 3.16. The van der Waals surface area contributed by atoms with Crippen LogP contribution in [0.3, 0.4) is 0 Å². The van der Waals surface area contributed by atoms with Gasteiger partial charge in [0.15, 0.2) is 0 Å². The fourth-order valence-corrected chi connectivity index (χ4v) is 5.06. The first kappa shape index (κ1) is 16.3. The maximum atomic E-state index is 4.72. The van der Waals surface area contributed by atoms with E-state index in [9.17, 15) is 0 Å². The lowest BCUT2D eigenvalue weighted by atomic mass is 9.81. The lowest BCUT2D eigenvalue weighted by Crippen LogP contribution is -2.47. The Hall–Kier alpha value is -1.13. The molecule has 1 saturated carbocycles. The molecule has 1 aromatic heterocycles. The second-order valence-corrected chi connectivity index (χ2v) is 8.55. The van der Waals surface area contributed by atoms with Gasteiger partial charge in [-0.3, -0.25) is 4.90 Å². The molecule has 1 aromatic carbocycles. The van der Waals surface area contributed by atoms with E-state index in [0.717, 1.165) is 24.9 Å². The second-order valence-electron chi connectivity index (χ2n) is 7.75. The third-order valence-electron chi connectivity index (χ3n) is 6.02. The summed E-state index contributed by atoms with van der Waals surface area (Å²) in [6, 6.07) is 8.62. The summed E-state index contributed by atoms with van der Waals surface area (Å²) in [4.78, 5) is 5.15. The molecule has 0 atom stereocenters. The molecule has 2 fully saturated rings. The molecule has 24 heavy (non-hydrogen) atoms. The van der Waals surface area contributed by atoms with E-state index in [4.69, 9.17) is 4.37 Å². The third-order valence-corrected chi connectivity index (χ3v) is 6.84. The smallest absolute Gasteiger partial charge is 0.150 e. The molecule has 4 heteroatoms. The van der Waals surface area contributed by atoms with Gasteiger partial charge in [0.05, 0.1) is 4.70 Å². The Labute approximate surface area is 149 Å². The zero-order chi connectivity index (χ0) is 16.4. The first-order valence-electron chi connectivity index (χ1n) is 9.61. The van der Waals surface area contributed by atoms with E-state index in [0.29, 0.717) is 0 Å². The zero-order valence-electron chi connectivity index (χ0n) is 14.8. The number of piperazine rings is 1. The molecule has 0 radical (unpaired) electrons. The minimum absolute atomic E-state index is 0.970. The first-order chi connectivity index (χ1) is 11.8. The summed E-state index contributed by atoms with van der Waals surface area (Å²) in [5.41, 5.74) is 0. The molecule has 1 aliphatic carbocycles. The van der Waals surface area contributed by atoms with Crippen LogP contribution in [0.4, 0.5) is 5.82 Å². The fourth-order valence-electron chi connectivity index (χ4n) is 4.27. The maximum absolute atomic E-state index is 4.72. The number of hydrogen-bond donors (Lipinski definition) is 0. The van der Waals surface area contributed by atoms with Crippen molar-refractivity contribution in [3.05, 3.63) is 24.3 Å². The molecule has 0 bridgehead atoms. The summed E-state index contributed by atoms with van der Waals surface area (Å²) in [6.07, 6.45) is 7.24. The van der Waals surface area contributed by atoms with Gasteiger partial charge in [0.25, 0.3) is 0 Å². The van der Waals surface area contributed by atoms with E-state index in [1.54, 1.807) is 11.5 Å². The van der Waals surface area contributed by atoms with Crippen LogP contribution in [0.25, 0.3) is 10.1 Å². The van der Waals surface area contributed by atoms with Gasteiger partial charge in [-0.25, -0.2) is 0 Å². The van der Waals surface area contributed by atoms with Crippen molar-refractivity contribution >= 4 is 27.4 Å². The second kappa shape index (κ2) is 7.40. The lowest BCUT2D eigenvalue weighted by Gasteiger charge is -2.36. The molecule has 0 unspecified atom stereocenters. The lowest BCUT2D eigenvalue weighted by molar-refractivity contribution is 0.208. The fraction of sp³-hybridized carbons (Fsp3) is 0.650. The van der Waals surface area contributed by atoms with Gasteiger partial charge in [-0.2, -0.15) is 4.37 Å². The number of aromatic nitrogens is 1. The van der Waals surface area contributed by atoms with Gasteiger partial charge in [0, 0.05) is 31.6 Å². The van der Waals surface area contributed by atoms with Crippen LogP contribution in [-0.4, -0.2) is 42.0 Å². The minimum Gasteiger partial charge on any atom is -0.353 e. The molecule has 130 valence electrons. The summed E-state index contributed by atoms with van der Waals surface area (Å²) >= 11 is 1.63. The van der Waals surface area contributed by atoms with E-state index in [-0.39, 0.29) is 0 Å². The minimum atomic E-state index is 0.970. The number of benzene rings is 1. The summed E-state index contributed by atoms with van der Waals surface area (Å²) in [6.45, 7) is 8.33. The number of fused-ring (bicyclic) bond motifs is 1. The Balaban J connectivity index is 1.27. The summed E-state index contributed by atoms with van der Waals surface area (Å²) in [5, 5.41) is 1.33. The predicted molar refractivity (Wildman–Crippen MR) is 104 cm³/mol. The topological polar surface area (TPSA) is 19.4 Å². The van der Waals surface area contributed by atoms with Crippen LogP contribution in [0.2, 0.25) is 0 Å². The van der Waals surface area contributed by atoms with Gasteiger partial charge in [0.1, 0.15) is 5.82 Å². The Morgan fingerprint density at radius 1 is 1.04 bits per heavy atom. The number of nitrogens with zero attached hydrogens (tertiary/aromatic N) is 3. The third kappa shape index (κ3) is 3.60. The van der Waals surface area contributed by atoms with Gasteiger partial charge >= 0.3 is 0 Å². The highest BCUT2D eigenvalue weighted by molar-refractivity contribution is 7.13. The number of hydrogen-bond acceptors (Lipinski definition) is 4. The molecule has 3 nitrogen and oxygen atoms in total. The molecular formula is C20H29N3S. The highest BCUT2D eigenvalue weighted by Crippen LogP contribution is 2.31. The number of rotatable bonds is 4. The van der Waals surface area contributed by atoms with Crippen LogP contribution in [0.5, 0.6) is 0 Å². The van der Waals surface area contributed by atoms with Gasteiger partial charge in [0.2, 0.25) is 0 Å². The Morgan fingerprint density at radius 3 is 2.58 bits per heavy atom. The van der Waals surface area contributed by atoms with Crippen molar-refractivity contribution in [1.82, 2.24) is 9.27 Å². The van der Waals surface area contributed by atoms with Crippen LogP contribution in [-0.2, 0) is 0 Å². The van der Waals surface area contributed by atoms with Crippen molar-refractivity contribution in [3.8, 4) is 0 Å². The molecular weight excluding hydrogens is 314 g/mol. The van der Waals surface area contributed by atoms with E-state index in [1.165, 1.54) is 67.6 Å². The van der Waals surface area contributed by atoms with E-state index in [1.807, 2.05) is 0 Å². The van der Waals surface area contributed by atoms with Crippen molar-refractivity contribution in [2.24, 2.45) is 11.8 Å². The van der Waals surface area contributed by atoms with Gasteiger partial charge in [-0.05, 0) is 48.5 Å². The average molecular weight is 344 g/mol. The van der Waals surface area contributed by atoms with Crippen molar-refractivity contribution in [1.29, 1.82) is 0 Å². The summed E-state index contributed by atoms with van der Waals surface area (Å²) < 4.78 is 6.03. The molecule has 0 amide bonds. The zero-order valence-corrected chi connectivity index (χ0v) is 15.6. The quantitative estimate of drug-likeness (QED) is 0.806. The number of anilines is 1. The van der Waals surface area contributed by atoms with Crippen molar-refractivity contribution in [2.45, 2.75) is 39.0 Å². The van der Waals surface area contributed by atoms with Crippen LogP contribution in [0.15, 0.2) is 24.3 Å². The van der Waals surface area contributed by atoms with Gasteiger partial charge in [-0.1, -0.05) is 44.7 Å². The maximum Gasteiger partial charge on any atom is 0.150 e. The van der Waals surface area contributed by atoms with Crippen LogP contribution >= 0.6 is 11.5 Å². The van der Waals surface area contributed by atoms with Gasteiger partial charge < -0.3 is 4.90 Å². The molecule has 0 N–H and O–H groups in total. The molecule has 2 aliphatic rings. The first-order valence-corrected chi connectivity index (χ1v) is 10.4. The SMILES string of the molecule is C[C@H]1CC[C@H](CCN2CCN(c3nsc4ccccc34)CC2)CC1. The van der Waals surface area contributed by atoms with Crippen LogP contribution < -0.4 is 4.90 Å². The standard InChI is InChI=1S/C20H29N3S/c1-16-6-8-17(9-7-16)10-11-22-12-14-23(15-13-22)20-18-4-2-3-5-19(18)24-21-20/h2-5,16-17H,6-15H2,1H3/t16-,17-. The largest absolute Gasteiger partial charge is 0.353 e. The van der Waals surface area contributed by atoms with Crippen LogP contribution in [0, 0.1) is 11.8 Å². The van der Waals surface area contributed by atoms with E-state index < -0.39 is 0 Å². The highest BCUT2D eigenvalue weighted by Gasteiger charge is 2.22. The average Bonchev–Trinajstić information content (AvgIpc) is 3.06. The van der Waals surface area contributed by atoms with Crippen molar-refractivity contribution in [3.63, 3.8) is 0 Å². The molecule has 0 spiro atoms. The Kier molecular flexibility index (Phi) is 5.04. The van der Waals surface area contributed by atoms with E-state index in [2.05, 4.69) is 41.0 Å². The molecule has 2 aromatic rings. The Bertz CT molecular complexity index is 652. The van der Waals surface area contributed by atoms with Crippen LogP contribution in [0.1, 0.15) is 39.0 Å². The normalized spacial score (nSPS) is 26.1. The molecule has 2 heterocycles. The highest BCUT2D eigenvalue weighted by atomic mass is 32.1. The molecule has 1 aliphatic heterocycles. The van der Waals surface area contributed by atoms with E-state index >= 15 is 0 Å². The Morgan fingerprint density at radius 2 is 1.79 bits per heavy atom. The molecule has 1 saturated heterocycles. The monoisotopic (exact) mass is 343 g/mol. The predicted octanol–water partition coefficient (Wildman–Crippen LogP) is 4.63. The van der Waals surface area contributed by atoms with Crippen molar-refractivity contribution < 1.29 is 0 Å². The van der Waals surface area contributed by atoms with Gasteiger partial charge in [-0.15, -0.1) is 0 Å².